The lowest BCUT2D eigenvalue weighted by molar-refractivity contribution is 0.296. The Balaban J connectivity index is 1.71. The maximum absolute atomic E-state index is 5.91. The molecule has 0 bridgehead atoms. The van der Waals surface area contributed by atoms with Gasteiger partial charge in [0.1, 0.15) is 0 Å². The van der Waals surface area contributed by atoms with Gasteiger partial charge in [-0.3, -0.25) is 9.67 Å². The Bertz CT molecular complexity index is 609. The predicted octanol–water partition coefficient (Wildman–Crippen LogP) is 1.14. The number of aryl methyl sites for hydroxylation is 1. The lowest BCUT2D eigenvalue weighted by atomic mass is 10.2. The lowest BCUT2D eigenvalue weighted by Gasteiger charge is -2.31. The van der Waals surface area contributed by atoms with E-state index in [2.05, 4.69) is 27.1 Å². The van der Waals surface area contributed by atoms with Crippen molar-refractivity contribution in [2.24, 2.45) is 17.8 Å². The van der Waals surface area contributed by atoms with Gasteiger partial charge in [-0.2, -0.15) is 5.10 Å². The van der Waals surface area contributed by atoms with Gasteiger partial charge in [0.15, 0.2) is 5.96 Å². The van der Waals surface area contributed by atoms with E-state index >= 15 is 0 Å². The summed E-state index contributed by atoms with van der Waals surface area (Å²) in [4.78, 5) is 6.54. The highest BCUT2D eigenvalue weighted by molar-refractivity contribution is 5.82. The number of rotatable bonds is 3. The second kappa shape index (κ2) is 4.91. The third-order valence-corrected chi connectivity index (χ3v) is 3.64. The first kappa shape index (κ1) is 12.0. The van der Waals surface area contributed by atoms with Crippen LogP contribution < -0.4 is 5.73 Å². The van der Waals surface area contributed by atoms with Crippen LogP contribution in [0.4, 0.5) is 0 Å². The summed E-state index contributed by atoms with van der Waals surface area (Å²) in [6.07, 6.45) is 2.05. The number of hydrogen-bond acceptors (Lipinski definition) is 2. The normalized spacial score (nSPS) is 15.8. The van der Waals surface area contributed by atoms with Crippen molar-refractivity contribution in [3.05, 3.63) is 30.0 Å². The molecular formula is C14H19N5. The molecule has 5 heteroatoms. The first-order valence-electron chi connectivity index (χ1n) is 6.71. The van der Waals surface area contributed by atoms with Gasteiger partial charge < -0.3 is 10.6 Å². The van der Waals surface area contributed by atoms with E-state index in [4.69, 9.17) is 5.73 Å². The molecule has 19 heavy (non-hydrogen) atoms. The van der Waals surface area contributed by atoms with Crippen molar-refractivity contribution >= 4 is 16.9 Å². The number of para-hydroxylation sites is 1. The molecule has 1 aliphatic rings. The molecule has 0 aliphatic carbocycles. The molecule has 0 atom stereocenters. The van der Waals surface area contributed by atoms with Gasteiger partial charge in [-0.25, -0.2) is 0 Å². The van der Waals surface area contributed by atoms with Crippen LogP contribution in [0.25, 0.3) is 10.9 Å². The average Bonchev–Trinajstić information content (AvgIpc) is 2.65. The summed E-state index contributed by atoms with van der Waals surface area (Å²) in [7, 11) is 1.98. The number of aromatic nitrogens is 2. The molecule has 0 spiro atoms. The Hall–Kier alpha value is -2.04. The zero-order valence-corrected chi connectivity index (χ0v) is 11.2. The summed E-state index contributed by atoms with van der Waals surface area (Å²) < 4.78 is 1.92. The Morgan fingerprint density at radius 3 is 2.89 bits per heavy atom. The molecular weight excluding hydrogens is 238 g/mol. The monoisotopic (exact) mass is 257 g/mol. The van der Waals surface area contributed by atoms with E-state index in [1.165, 1.54) is 11.8 Å². The quantitative estimate of drug-likeness (QED) is 0.662. The van der Waals surface area contributed by atoms with Gasteiger partial charge in [-0.15, -0.1) is 0 Å². The molecule has 1 aromatic heterocycles. The van der Waals surface area contributed by atoms with E-state index in [-0.39, 0.29) is 0 Å². The maximum atomic E-state index is 5.91. The van der Waals surface area contributed by atoms with E-state index in [0.29, 0.717) is 12.5 Å². The molecule has 5 nitrogen and oxygen atoms in total. The van der Waals surface area contributed by atoms with E-state index < -0.39 is 0 Å². The minimum atomic E-state index is 0.673. The zero-order chi connectivity index (χ0) is 13.2. The third kappa shape index (κ3) is 2.28. The van der Waals surface area contributed by atoms with E-state index in [1.807, 2.05) is 23.9 Å². The van der Waals surface area contributed by atoms with Gasteiger partial charge in [0.25, 0.3) is 0 Å². The second-order valence-corrected chi connectivity index (χ2v) is 4.92. The van der Waals surface area contributed by atoms with Gasteiger partial charge in [0.2, 0.25) is 0 Å². The van der Waals surface area contributed by atoms with Crippen LogP contribution in [0.5, 0.6) is 0 Å². The van der Waals surface area contributed by atoms with Crippen LogP contribution in [-0.4, -0.2) is 40.3 Å². The van der Waals surface area contributed by atoms with Crippen LogP contribution in [0.3, 0.4) is 0 Å². The molecule has 0 saturated carbocycles. The number of guanidine groups is 1. The number of hydrogen-bond donors (Lipinski definition) is 1. The minimum Gasteiger partial charge on any atom is -0.370 e. The predicted molar refractivity (Wildman–Crippen MR) is 77.1 cm³/mol. The molecule has 2 N–H and O–H groups in total. The van der Waals surface area contributed by atoms with Crippen molar-refractivity contribution in [3.8, 4) is 0 Å². The van der Waals surface area contributed by atoms with Gasteiger partial charge in [0, 0.05) is 38.5 Å². The second-order valence-electron chi connectivity index (χ2n) is 4.92. The number of likely N-dealkylation sites (tertiary alicyclic amines) is 1. The highest BCUT2D eigenvalue weighted by Gasteiger charge is 2.15. The Morgan fingerprint density at radius 2 is 2.16 bits per heavy atom. The number of nitrogens with zero attached hydrogens (tertiary/aromatic N) is 4. The first-order chi connectivity index (χ1) is 9.25. The minimum absolute atomic E-state index is 0.673. The molecule has 1 fully saturated rings. The van der Waals surface area contributed by atoms with Crippen LogP contribution >= 0.6 is 0 Å². The fraction of sp³-hybridized carbons (Fsp3) is 0.429. The van der Waals surface area contributed by atoms with Crippen molar-refractivity contribution in [3.63, 3.8) is 0 Å². The van der Waals surface area contributed by atoms with Crippen molar-refractivity contribution < 1.29 is 0 Å². The van der Waals surface area contributed by atoms with Crippen LogP contribution in [0.1, 0.15) is 12.1 Å². The van der Waals surface area contributed by atoms with E-state index in [1.54, 1.807) is 0 Å². The molecule has 1 aromatic carbocycles. The van der Waals surface area contributed by atoms with Crippen molar-refractivity contribution in [2.75, 3.05) is 19.6 Å². The number of aliphatic imine (C=N–C) groups is 1. The van der Waals surface area contributed by atoms with Crippen molar-refractivity contribution in [1.29, 1.82) is 0 Å². The third-order valence-electron chi connectivity index (χ3n) is 3.64. The Labute approximate surface area is 112 Å². The number of nitrogens with two attached hydrogens (primary N) is 1. The van der Waals surface area contributed by atoms with Crippen LogP contribution in [0, 0.1) is 0 Å². The summed E-state index contributed by atoms with van der Waals surface area (Å²) in [5.74, 6) is 0.673. The highest BCUT2D eigenvalue weighted by atomic mass is 15.3. The molecule has 0 unspecified atom stereocenters. The molecule has 100 valence electrons. The van der Waals surface area contributed by atoms with E-state index in [9.17, 15) is 0 Å². The van der Waals surface area contributed by atoms with Crippen molar-refractivity contribution in [2.45, 2.75) is 12.8 Å². The van der Waals surface area contributed by atoms with Crippen LogP contribution in [0.15, 0.2) is 29.3 Å². The summed E-state index contributed by atoms with van der Waals surface area (Å²) >= 11 is 0. The van der Waals surface area contributed by atoms with Crippen LogP contribution in [0.2, 0.25) is 0 Å². The number of benzene rings is 1. The summed E-state index contributed by atoms with van der Waals surface area (Å²) in [5, 5.41) is 5.77. The molecule has 0 radical (unpaired) electrons. The van der Waals surface area contributed by atoms with Gasteiger partial charge in [-0.1, -0.05) is 18.2 Å². The molecule has 1 aliphatic heterocycles. The Morgan fingerprint density at radius 1 is 1.37 bits per heavy atom. The summed E-state index contributed by atoms with van der Waals surface area (Å²) in [5.41, 5.74) is 8.17. The largest absolute Gasteiger partial charge is 0.370 e. The van der Waals surface area contributed by atoms with Gasteiger partial charge in [-0.05, 0) is 12.5 Å². The SMILES string of the molecule is Cn1nc(CCN=C(N)N2CCC2)c2ccccc21. The molecule has 0 amide bonds. The van der Waals surface area contributed by atoms with Crippen LogP contribution in [-0.2, 0) is 13.5 Å². The van der Waals surface area contributed by atoms with Crippen molar-refractivity contribution in [1.82, 2.24) is 14.7 Å². The summed E-state index contributed by atoms with van der Waals surface area (Å²) in [6.45, 7) is 2.78. The maximum Gasteiger partial charge on any atom is 0.191 e. The number of fused-ring (bicyclic) bond motifs is 1. The smallest absolute Gasteiger partial charge is 0.191 e. The molecule has 1 saturated heterocycles. The van der Waals surface area contributed by atoms with Gasteiger partial charge >= 0.3 is 0 Å². The lowest BCUT2D eigenvalue weighted by Crippen LogP contribution is -2.46. The zero-order valence-electron chi connectivity index (χ0n) is 11.2. The first-order valence-corrected chi connectivity index (χ1v) is 6.71. The van der Waals surface area contributed by atoms with E-state index in [0.717, 1.165) is 30.7 Å². The fourth-order valence-corrected chi connectivity index (χ4v) is 2.40. The molecule has 2 heterocycles. The van der Waals surface area contributed by atoms with Gasteiger partial charge in [0.05, 0.1) is 11.2 Å². The Kier molecular flexibility index (Phi) is 3.11. The highest BCUT2D eigenvalue weighted by Crippen LogP contribution is 2.17. The molecule has 2 aromatic rings. The molecule has 3 rings (SSSR count). The fourth-order valence-electron chi connectivity index (χ4n) is 2.40. The topological polar surface area (TPSA) is 59.4 Å². The summed E-state index contributed by atoms with van der Waals surface area (Å²) in [6, 6.07) is 8.28. The standard InChI is InChI=1S/C14H19N5/c1-18-13-6-3-2-5-11(13)12(17-18)7-8-16-14(15)19-9-4-10-19/h2-3,5-6H,4,7-10H2,1H3,(H2,15,16). The average molecular weight is 257 g/mol.